The molecule has 0 amide bonds. The van der Waals surface area contributed by atoms with Crippen LogP contribution >= 0.6 is 0 Å². The molecule has 1 heterocycles. The maximum atomic E-state index is 9.02. The van der Waals surface area contributed by atoms with Crippen molar-refractivity contribution in [3.63, 3.8) is 0 Å². The Labute approximate surface area is 103 Å². The Morgan fingerprint density at radius 3 is 2.76 bits per heavy atom. The molecule has 92 valence electrons. The lowest BCUT2D eigenvalue weighted by Gasteiger charge is -2.20. The van der Waals surface area contributed by atoms with Gasteiger partial charge in [0.1, 0.15) is 11.9 Å². The first-order chi connectivity index (χ1) is 8.04. The third kappa shape index (κ3) is 4.04. The van der Waals surface area contributed by atoms with Gasteiger partial charge in [0.05, 0.1) is 18.3 Å². The highest BCUT2D eigenvalue weighted by atomic mass is 16.5. The van der Waals surface area contributed by atoms with Crippen molar-refractivity contribution in [1.29, 1.82) is 5.26 Å². The summed E-state index contributed by atoms with van der Waals surface area (Å²) in [4.78, 5) is 6.34. The van der Waals surface area contributed by atoms with Crippen molar-refractivity contribution in [2.45, 2.75) is 26.9 Å². The number of likely N-dealkylation sites (N-methyl/N-ethyl adjacent to an activating group) is 1. The standard InChI is InChI=1S/C13H19N3O/c1-10(2)17-8-7-16(4)13-12(9-14)6-5-11(3)15-13/h5-6,10H,7-8H2,1-4H3. The Morgan fingerprint density at radius 1 is 1.47 bits per heavy atom. The molecule has 0 unspecified atom stereocenters. The third-order valence-electron chi connectivity index (χ3n) is 2.37. The number of pyridine rings is 1. The number of ether oxygens (including phenoxy) is 1. The largest absolute Gasteiger partial charge is 0.377 e. The van der Waals surface area contributed by atoms with E-state index in [4.69, 9.17) is 10.00 Å². The molecule has 0 saturated heterocycles. The summed E-state index contributed by atoms with van der Waals surface area (Å²) < 4.78 is 5.49. The van der Waals surface area contributed by atoms with Crippen LogP contribution in [0.5, 0.6) is 0 Å². The van der Waals surface area contributed by atoms with Gasteiger partial charge in [-0.2, -0.15) is 5.26 Å². The number of rotatable bonds is 5. The topological polar surface area (TPSA) is 49.2 Å². The number of hydrogen-bond acceptors (Lipinski definition) is 4. The highest BCUT2D eigenvalue weighted by Crippen LogP contribution is 2.16. The molecule has 0 aromatic carbocycles. The van der Waals surface area contributed by atoms with E-state index in [1.807, 2.05) is 38.8 Å². The summed E-state index contributed by atoms with van der Waals surface area (Å²) in [5.74, 6) is 0.722. The van der Waals surface area contributed by atoms with E-state index >= 15 is 0 Å². The van der Waals surface area contributed by atoms with Gasteiger partial charge in [0.15, 0.2) is 0 Å². The Kier molecular flexibility index (Phi) is 4.92. The lowest BCUT2D eigenvalue weighted by atomic mass is 10.2. The van der Waals surface area contributed by atoms with Gasteiger partial charge in [-0.1, -0.05) is 0 Å². The molecule has 17 heavy (non-hydrogen) atoms. The molecule has 0 saturated carbocycles. The van der Waals surface area contributed by atoms with Gasteiger partial charge in [-0.25, -0.2) is 4.98 Å². The molecule has 4 nitrogen and oxygen atoms in total. The van der Waals surface area contributed by atoms with Gasteiger partial charge in [-0.05, 0) is 32.9 Å². The highest BCUT2D eigenvalue weighted by molar-refractivity contribution is 5.53. The Balaban J connectivity index is 2.71. The second kappa shape index (κ2) is 6.21. The molecule has 0 aliphatic carbocycles. The van der Waals surface area contributed by atoms with Gasteiger partial charge in [-0.3, -0.25) is 0 Å². The van der Waals surface area contributed by atoms with E-state index in [1.54, 1.807) is 6.07 Å². The lowest BCUT2D eigenvalue weighted by Crippen LogP contribution is -2.25. The van der Waals surface area contributed by atoms with Crippen LogP contribution in [0.3, 0.4) is 0 Å². The van der Waals surface area contributed by atoms with E-state index in [0.29, 0.717) is 12.2 Å². The van der Waals surface area contributed by atoms with Crippen molar-refractivity contribution in [2.75, 3.05) is 25.1 Å². The van der Waals surface area contributed by atoms with Gasteiger partial charge in [0.2, 0.25) is 0 Å². The van der Waals surface area contributed by atoms with Crippen LogP contribution in [0, 0.1) is 18.3 Å². The molecule has 0 spiro atoms. The first-order valence-electron chi connectivity index (χ1n) is 5.75. The van der Waals surface area contributed by atoms with E-state index < -0.39 is 0 Å². The zero-order valence-electron chi connectivity index (χ0n) is 10.9. The van der Waals surface area contributed by atoms with E-state index in [2.05, 4.69) is 11.1 Å². The monoisotopic (exact) mass is 233 g/mol. The Hall–Kier alpha value is -1.60. The first-order valence-corrected chi connectivity index (χ1v) is 5.75. The van der Waals surface area contributed by atoms with Crippen molar-refractivity contribution >= 4 is 5.82 Å². The average molecular weight is 233 g/mol. The van der Waals surface area contributed by atoms with Crippen molar-refractivity contribution in [3.05, 3.63) is 23.4 Å². The molecule has 1 aromatic rings. The van der Waals surface area contributed by atoms with Gasteiger partial charge in [0.25, 0.3) is 0 Å². The minimum atomic E-state index is 0.226. The van der Waals surface area contributed by atoms with Crippen molar-refractivity contribution in [2.24, 2.45) is 0 Å². The number of aryl methyl sites for hydroxylation is 1. The predicted molar refractivity (Wildman–Crippen MR) is 68.0 cm³/mol. The predicted octanol–water partition coefficient (Wildman–Crippen LogP) is 2.12. The first kappa shape index (κ1) is 13.5. The molecule has 0 aliphatic heterocycles. The molecule has 0 fully saturated rings. The molecule has 0 aliphatic rings. The van der Waals surface area contributed by atoms with Crippen molar-refractivity contribution in [1.82, 2.24) is 4.98 Å². The maximum absolute atomic E-state index is 9.02. The average Bonchev–Trinajstić information content (AvgIpc) is 2.28. The minimum Gasteiger partial charge on any atom is -0.377 e. The van der Waals surface area contributed by atoms with E-state index in [-0.39, 0.29) is 6.10 Å². The Bertz CT molecular complexity index is 410. The fourth-order valence-electron chi connectivity index (χ4n) is 1.45. The fourth-order valence-corrected chi connectivity index (χ4v) is 1.45. The van der Waals surface area contributed by atoms with E-state index in [9.17, 15) is 0 Å². The molecule has 4 heteroatoms. The second-order valence-corrected chi connectivity index (χ2v) is 4.28. The highest BCUT2D eigenvalue weighted by Gasteiger charge is 2.09. The molecule has 1 aromatic heterocycles. The van der Waals surface area contributed by atoms with Crippen LogP contribution in [0.2, 0.25) is 0 Å². The smallest absolute Gasteiger partial charge is 0.146 e. The van der Waals surface area contributed by atoms with Crippen LogP contribution in [-0.2, 0) is 4.74 Å². The SMILES string of the molecule is Cc1ccc(C#N)c(N(C)CCOC(C)C)n1. The normalized spacial score (nSPS) is 10.4. The van der Waals surface area contributed by atoms with Gasteiger partial charge >= 0.3 is 0 Å². The molecular formula is C13H19N3O. The number of nitriles is 1. The van der Waals surface area contributed by atoms with Crippen LogP contribution in [-0.4, -0.2) is 31.3 Å². The zero-order valence-corrected chi connectivity index (χ0v) is 10.9. The van der Waals surface area contributed by atoms with E-state index in [1.165, 1.54) is 0 Å². The minimum absolute atomic E-state index is 0.226. The maximum Gasteiger partial charge on any atom is 0.146 e. The number of hydrogen-bond donors (Lipinski definition) is 0. The number of anilines is 1. The fraction of sp³-hybridized carbons (Fsp3) is 0.538. The molecule has 0 N–H and O–H groups in total. The van der Waals surface area contributed by atoms with Crippen molar-refractivity contribution < 1.29 is 4.74 Å². The summed E-state index contributed by atoms with van der Waals surface area (Å²) in [6, 6.07) is 5.81. The molecule has 0 radical (unpaired) electrons. The summed E-state index contributed by atoms with van der Waals surface area (Å²) in [5.41, 5.74) is 1.51. The van der Waals surface area contributed by atoms with Crippen LogP contribution in [0.1, 0.15) is 25.1 Å². The molecule has 0 atom stereocenters. The molecule has 1 rings (SSSR count). The van der Waals surface area contributed by atoms with Crippen LogP contribution in [0.25, 0.3) is 0 Å². The van der Waals surface area contributed by atoms with Gasteiger partial charge in [-0.15, -0.1) is 0 Å². The van der Waals surface area contributed by atoms with Crippen LogP contribution in [0.15, 0.2) is 12.1 Å². The zero-order chi connectivity index (χ0) is 12.8. The summed E-state index contributed by atoms with van der Waals surface area (Å²) >= 11 is 0. The molecule has 0 bridgehead atoms. The summed E-state index contributed by atoms with van der Waals surface area (Å²) in [6.07, 6.45) is 0.226. The molecular weight excluding hydrogens is 214 g/mol. The summed E-state index contributed by atoms with van der Waals surface area (Å²) in [7, 11) is 1.92. The van der Waals surface area contributed by atoms with Crippen LogP contribution < -0.4 is 4.90 Å². The lowest BCUT2D eigenvalue weighted by molar-refractivity contribution is 0.0845. The quantitative estimate of drug-likeness (QED) is 0.781. The summed E-state index contributed by atoms with van der Waals surface area (Å²) in [5, 5.41) is 9.02. The third-order valence-corrected chi connectivity index (χ3v) is 2.37. The van der Waals surface area contributed by atoms with Gasteiger partial charge in [0, 0.05) is 19.3 Å². The van der Waals surface area contributed by atoms with Crippen molar-refractivity contribution in [3.8, 4) is 6.07 Å². The van der Waals surface area contributed by atoms with Gasteiger partial charge < -0.3 is 9.64 Å². The number of aromatic nitrogens is 1. The Morgan fingerprint density at radius 2 is 2.18 bits per heavy atom. The summed E-state index contributed by atoms with van der Waals surface area (Å²) in [6.45, 7) is 7.29. The van der Waals surface area contributed by atoms with E-state index in [0.717, 1.165) is 18.1 Å². The van der Waals surface area contributed by atoms with Crippen LogP contribution in [0.4, 0.5) is 5.82 Å². The second-order valence-electron chi connectivity index (χ2n) is 4.28. The number of nitrogens with zero attached hydrogens (tertiary/aromatic N) is 3.